The normalized spacial score (nSPS) is 27.9. The molecule has 174 valence electrons. The van der Waals surface area contributed by atoms with E-state index in [1.807, 2.05) is 4.90 Å². The lowest BCUT2D eigenvalue weighted by Gasteiger charge is -2.39. The highest BCUT2D eigenvalue weighted by Gasteiger charge is 2.54. The molecule has 4 fully saturated rings. The summed E-state index contributed by atoms with van der Waals surface area (Å²) < 4.78 is 0. The van der Waals surface area contributed by atoms with Crippen molar-refractivity contribution in [2.75, 3.05) is 32.7 Å². The Hall–Kier alpha value is -1.63. The number of nitrogens with one attached hydrogen (secondary N) is 1. The maximum Gasteiger partial charge on any atom is 0.325 e. The predicted octanol–water partition coefficient (Wildman–Crippen LogP) is 2.99. The molecule has 1 atom stereocenters. The van der Waals surface area contributed by atoms with Gasteiger partial charge in [-0.05, 0) is 50.4 Å². The van der Waals surface area contributed by atoms with Crippen LogP contribution < -0.4 is 5.32 Å². The van der Waals surface area contributed by atoms with E-state index in [4.69, 9.17) is 0 Å². The van der Waals surface area contributed by atoms with Crippen molar-refractivity contribution in [1.82, 2.24) is 20.0 Å². The van der Waals surface area contributed by atoms with Crippen molar-refractivity contribution in [2.24, 2.45) is 11.8 Å². The third-order valence-corrected chi connectivity index (χ3v) is 7.83. The van der Waals surface area contributed by atoms with Crippen molar-refractivity contribution in [1.29, 1.82) is 0 Å². The Balaban J connectivity index is 1.36. The number of imide groups is 1. The SMILES string of the molecule is CC(C)CN1CCC2(CC1)NC(=O)N([C@@H]1CCCN(C(=O)CC3CCCCC3)C1)C2=O. The van der Waals surface area contributed by atoms with Crippen LogP contribution in [0, 0.1) is 11.8 Å². The second kappa shape index (κ2) is 9.47. The molecule has 0 aromatic heterocycles. The molecule has 4 rings (SSSR count). The number of amides is 4. The van der Waals surface area contributed by atoms with E-state index in [2.05, 4.69) is 24.1 Å². The minimum Gasteiger partial charge on any atom is -0.341 e. The van der Waals surface area contributed by atoms with E-state index in [9.17, 15) is 14.4 Å². The minimum absolute atomic E-state index is 0.0618. The molecular weight excluding hydrogens is 392 g/mol. The lowest BCUT2D eigenvalue weighted by Crippen LogP contribution is -2.56. The number of carbonyl (C=O) groups excluding carboxylic acids is 3. The quantitative estimate of drug-likeness (QED) is 0.678. The highest BCUT2D eigenvalue weighted by atomic mass is 16.2. The topological polar surface area (TPSA) is 73.0 Å². The fourth-order valence-corrected chi connectivity index (χ4v) is 6.10. The van der Waals surface area contributed by atoms with Gasteiger partial charge in [0.05, 0.1) is 6.04 Å². The molecule has 7 heteroatoms. The molecule has 1 aliphatic carbocycles. The van der Waals surface area contributed by atoms with Crippen molar-refractivity contribution in [3.63, 3.8) is 0 Å². The van der Waals surface area contributed by atoms with Crippen LogP contribution in [0.2, 0.25) is 0 Å². The first-order valence-corrected chi connectivity index (χ1v) is 12.5. The summed E-state index contributed by atoms with van der Waals surface area (Å²) in [6.07, 6.45) is 9.71. The Morgan fingerprint density at radius 2 is 1.74 bits per heavy atom. The molecule has 31 heavy (non-hydrogen) atoms. The first kappa shape index (κ1) is 22.6. The first-order valence-electron chi connectivity index (χ1n) is 12.5. The molecule has 0 aromatic carbocycles. The van der Waals surface area contributed by atoms with Gasteiger partial charge in [0.2, 0.25) is 5.91 Å². The highest BCUT2D eigenvalue weighted by Crippen LogP contribution is 2.33. The zero-order chi connectivity index (χ0) is 22.0. The molecule has 0 aromatic rings. The lowest BCUT2D eigenvalue weighted by molar-refractivity contribution is -0.139. The molecule has 0 unspecified atom stereocenters. The number of hydrogen-bond donors (Lipinski definition) is 1. The van der Waals surface area contributed by atoms with Gasteiger partial charge in [-0.1, -0.05) is 33.1 Å². The molecular formula is C24H40N4O3. The Morgan fingerprint density at radius 3 is 2.42 bits per heavy atom. The van der Waals surface area contributed by atoms with Crippen LogP contribution >= 0.6 is 0 Å². The number of hydrogen-bond acceptors (Lipinski definition) is 4. The van der Waals surface area contributed by atoms with Crippen molar-refractivity contribution in [3.8, 4) is 0 Å². The van der Waals surface area contributed by atoms with Gasteiger partial charge in [0.1, 0.15) is 5.54 Å². The van der Waals surface area contributed by atoms with E-state index in [0.29, 0.717) is 37.6 Å². The summed E-state index contributed by atoms with van der Waals surface area (Å²) in [4.78, 5) is 45.0. The van der Waals surface area contributed by atoms with Crippen LogP contribution in [0.15, 0.2) is 0 Å². The van der Waals surface area contributed by atoms with Crippen LogP contribution in [0.1, 0.15) is 78.1 Å². The zero-order valence-electron chi connectivity index (χ0n) is 19.4. The number of carbonyl (C=O) groups is 3. The molecule has 1 spiro atoms. The second-order valence-corrected chi connectivity index (χ2v) is 10.7. The van der Waals surface area contributed by atoms with Crippen LogP contribution in [-0.4, -0.2) is 76.8 Å². The minimum atomic E-state index is -0.737. The lowest BCUT2D eigenvalue weighted by atomic mass is 9.86. The number of urea groups is 1. The summed E-state index contributed by atoms with van der Waals surface area (Å²) in [5.74, 6) is 1.25. The average Bonchev–Trinajstić information content (AvgIpc) is 2.99. The smallest absolute Gasteiger partial charge is 0.325 e. The summed E-state index contributed by atoms with van der Waals surface area (Å²) in [6, 6.07) is -0.446. The zero-order valence-corrected chi connectivity index (χ0v) is 19.4. The number of rotatable bonds is 5. The van der Waals surface area contributed by atoms with E-state index in [0.717, 1.165) is 51.9 Å². The summed E-state index contributed by atoms with van der Waals surface area (Å²) >= 11 is 0. The van der Waals surface area contributed by atoms with Crippen LogP contribution in [0.3, 0.4) is 0 Å². The van der Waals surface area contributed by atoms with Gasteiger partial charge in [-0.3, -0.25) is 14.5 Å². The van der Waals surface area contributed by atoms with Gasteiger partial charge in [0, 0.05) is 39.1 Å². The van der Waals surface area contributed by atoms with E-state index in [-0.39, 0.29) is 23.9 Å². The number of likely N-dealkylation sites (tertiary alicyclic amines) is 2. The third-order valence-electron chi connectivity index (χ3n) is 7.83. The molecule has 3 heterocycles. The molecule has 1 N–H and O–H groups in total. The van der Waals surface area contributed by atoms with Gasteiger partial charge >= 0.3 is 6.03 Å². The van der Waals surface area contributed by atoms with Crippen molar-refractivity contribution >= 4 is 17.8 Å². The number of nitrogens with zero attached hydrogens (tertiary/aromatic N) is 3. The van der Waals surface area contributed by atoms with Crippen LogP contribution in [0.5, 0.6) is 0 Å². The van der Waals surface area contributed by atoms with Gasteiger partial charge in [-0.15, -0.1) is 0 Å². The molecule has 7 nitrogen and oxygen atoms in total. The van der Waals surface area contributed by atoms with Crippen LogP contribution in [-0.2, 0) is 9.59 Å². The Bertz CT molecular complexity index is 680. The Labute approximate surface area is 186 Å². The van der Waals surface area contributed by atoms with Gasteiger partial charge in [-0.25, -0.2) is 4.79 Å². The summed E-state index contributed by atoms with van der Waals surface area (Å²) in [6.45, 7) is 8.38. The monoisotopic (exact) mass is 432 g/mol. The predicted molar refractivity (Wildman–Crippen MR) is 119 cm³/mol. The molecule has 0 bridgehead atoms. The molecule has 0 radical (unpaired) electrons. The average molecular weight is 433 g/mol. The van der Waals surface area contributed by atoms with Gasteiger partial charge < -0.3 is 15.1 Å². The van der Waals surface area contributed by atoms with Crippen LogP contribution in [0.25, 0.3) is 0 Å². The summed E-state index contributed by atoms with van der Waals surface area (Å²) in [5, 5.41) is 3.06. The summed E-state index contributed by atoms with van der Waals surface area (Å²) in [7, 11) is 0. The fourth-order valence-electron chi connectivity index (χ4n) is 6.10. The second-order valence-electron chi connectivity index (χ2n) is 10.7. The maximum absolute atomic E-state index is 13.4. The van der Waals surface area contributed by atoms with Crippen molar-refractivity contribution in [3.05, 3.63) is 0 Å². The third kappa shape index (κ3) is 4.91. The van der Waals surface area contributed by atoms with Crippen molar-refractivity contribution in [2.45, 2.75) is 89.6 Å². The van der Waals surface area contributed by atoms with Crippen LogP contribution in [0.4, 0.5) is 4.79 Å². The van der Waals surface area contributed by atoms with Crippen molar-refractivity contribution < 1.29 is 14.4 Å². The van der Waals surface area contributed by atoms with E-state index in [1.165, 1.54) is 24.2 Å². The molecule has 4 aliphatic rings. The van der Waals surface area contributed by atoms with E-state index < -0.39 is 5.54 Å². The Morgan fingerprint density at radius 1 is 1.03 bits per heavy atom. The number of piperidine rings is 2. The van der Waals surface area contributed by atoms with Gasteiger partial charge in [-0.2, -0.15) is 0 Å². The summed E-state index contributed by atoms with van der Waals surface area (Å²) in [5.41, 5.74) is -0.737. The molecule has 1 saturated carbocycles. The highest BCUT2D eigenvalue weighted by molar-refractivity contribution is 6.07. The molecule has 3 saturated heterocycles. The molecule has 4 amide bonds. The fraction of sp³-hybridized carbons (Fsp3) is 0.875. The Kier molecular flexibility index (Phi) is 6.89. The van der Waals surface area contributed by atoms with Gasteiger partial charge in [0.25, 0.3) is 5.91 Å². The van der Waals surface area contributed by atoms with E-state index in [1.54, 1.807) is 0 Å². The van der Waals surface area contributed by atoms with E-state index >= 15 is 0 Å². The maximum atomic E-state index is 13.4. The standard InChI is InChI=1S/C24H40N4O3/c1-18(2)16-26-13-10-24(11-14-26)22(30)28(23(31)25-24)20-9-6-12-27(17-20)21(29)15-19-7-4-3-5-8-19/h18-20H,3-17H2,1-2H3,(H,25,31)/t20-/m1/s1. The van der Waals surface area contributed by atoms with Gasteiger partial charge in [0.15, 0.2) is 0 Å². The largest absolute Gasteiger partial charge is 0.341 e. The molecule has 3 aliphatic heterocycles. The first-order chi connectivity index (χ1) is 14.9.